The van der Waals surface area contributed by atoms with Gasteiger partial charge in [-0.25, -0.2) is 9.78 Å². The van der Waals surface area contributed by atoms with Gasteiger partial charge >= 0.3 is 6.03 Å². The van der Waals surface area contributed by atoms with Gasteiger partial charge in [0.25, 0.3) is 0 Å². The van der Waals surface area contributed by atoms with Crippen LogP contribution in [0, 0.1) is 0 Å². The summed E-state index contributed by atoms with van der Waals surface area (Å²) in [5.41, 5.74) is 3.11. The largest absolute Gasteiger partial charge is 0.342 e. The van der Waals surface area contributed by atoms with E-state index in [-0.39, 0.29) is 11.9 Å². The Balaban J connectivity index is 1.55. The van der Waals surface area contributed by atoms with Crippen molar-refractivity contribution in [1.82, 2.24) is 15.3 Å². The molecule has 7 heteroatoms. The molecule has 7 nitrogen and oxygen atoms in total. The fraction of sp³-hybridized carbons (Fsp3) is 0.211. The molecule has 0 bridgehead atoms. The summed E-state index contributed by atoms with van der Waals surface area (Å²) >= 11 is 0. The van der Waals surface area contributed by atoms with E-state index >= 15 is 0 Å². The van der Waals surface area contributed by atoms with Crippen LogP contribution in [0.25, 0.3) is 11.0 Å². The van der Waals surface area contributed by atoms with Gasteiger partial charge in [-0.2, -0.15) is 0 Å². The number of carbonyl (C=O) groups excluding carboxylic acids is 2. The molecular formula is C19H21N5O2. The predicted octanol–water partition coefficient (Wildman–Crippen LogP) is 3.28. The fourth-order valence-corrected chi connectivity index (χ4v) is 2.59. The Morgan fingerprint density at radius 1 is 1.04 bits per heavy atom. The van der Waals surface area contributed by atoms with Gasteiger partial charge < -0.3 is 20.9 Å². The number of amides is 3. The Kier molecular flexibility index (Phi) is 5.48. The molecule has 0 saturated heterocycles. The number of hydrogen-bond acceptors (Lipinski definition) is 3. The molecule has 0 aliphatic carbocycles. The van der Waals surface area contributed by atoms with Crippen molar-refractivity contribution in [3.05, 3.63) is 54.4 Å². The van der Waals surface area contributed by atoms with Crippen LogP contribution in [0.1, 0.15) is 19.2 Å². The minimum absolute atomic E-state index is 0.111. The van der Waals surface area contributed by atoms with E-state index in [1.54, 1.807) is 24.3 Å². The maximum absolute atomic E-state index is 12.2. The van der Waals surface area contributed by atoms with Gasteiger partial charge in [0.05, 0.1) is 11.0 Å². The number of nitrogens with zero attached hydrogens (tertiary/aromatic N) is 1. The molecule has 3 aromatic rings. The predicted molar refractivity (Wildman–Crippen MR) is 102 cm³/mol. The first-order chi connectivity index (χ1) is 12.6. The van der Waals surface area contributed by atoms with Gasteiger partial charge in [0.2, 0.25) is 5.91 Å². The number of para-hydroxylation sites is 2. The van der Waals surface area contributed by atoms with Crippen LogP contribution in [0.5, 0.6) is 0 Å². The molecule has 26 heavy (non-hydrogen) atoms. The minimum atomic E-state index is -0.277. The Morgan fingerprint density at radius 2 is 1.81 bits per heavy atom. The summed E-state index contributed by atoms with van der Waals surface area (Å²) in [7, 11) is 0. The second kappa shape index (κ2) is 8.15. The van der Waals surface area contributed by atoms with Gasteiger partial charge in [-0.3, -0.25) is 4.79 Å². The van der Waals surface area contributed by atoms with E-state index in [1.165, 1.54) is 0 Å². The normalized spacial score (nSPS) is 10.5. The maximum Gasteiger partial charge on any atom is 0.319 e. The highest BCUT2D eigenvalue weighted by Gasteiger charge is 2.08. The van der Waals surface area contributed by atoms with E-state index in [0.717, 1.165) is 16.9 Å². The topological polar surface area (TPSA) is 98.9 Å². The van der Waals surface area contributed by atoms with Crippen molar-refractivity contribution < 1.29 is 9.59 Å². The first-order valence-electron chi connectivity index (χ1n) is 8.52. The number of imidazole rings is 1. The van der Waals surface area contributed by atoms with Gasteiger partial charge in [0, 0.05) is 30.8 Å². The van der Waals surface area contributed by atoms with Crippen LogP contribution >= 0.6 is 0 Å². The average molecular weight is 351 g/mol. The number of anilines is 2. The Bertz CT molecular complexity index is 886. The lowest BCUT2D eigenvalue weighted by molar-refractivity contribution is -0.116. The summed E-state index contributed by atoms with van der Waals surface area (Å²) in [5.74, 6) is 0.675. The highest BCUT2D eigenvalue weighted by Crippen LogP contribution is 2.16. The molecule has 0 atom stereocenters. The lowest BCUT2D eigenvalue weighted by atomic mass is 10.2. The second-order valence-electron chi connectivity index (χ2n) is 5.81. The standard InChI is InChI=1S/C19H21N5O2/c1-2-20-19(26)22-14-7-5-6-13(12-14)21-18(25)11-10-17-23-15-8-3-4-9-16(15)24-17/h3-9,12H,2,10-11H2,1H3,(H,21,25)(H,23,24)(H2,20,22,26). The van der Waals surface area contributed by atoms with Gasteiger partial charge in [-0.15, -0.1) is 0 Å². The number of aryl methyl sites for hydroxylation is 1. The number of hydrogen-bond donors (Lipinski definition) is 4. The van der Waals surface area contributed by atoms with Crippen molar-refractivity contribution in [3.63, 3.8) is 0 Å². The third-order valence-electron chi connectivity index (χ3n) is 3.77. The van der Waals surface area contributed by atoms with Crippen LogP contribution in [0.4, 0.5) is 16.2 Å². The van der Waals surface area contributed by atoms with Crippen LogP contribution in [-0.4, -0.2) is 28.5 Å². The van der Waals surface area contributed by atoms with Gasteiger partial charge in [-0.1, -0.05) is 18.2 Å². The minimum Gasteiger partial charge on any atom is -0.342 e. The van der Waals surface area contributed by atoms with Crippen molar-refractivity contribution in [3.8, 4) is 0 Å². The van der Waals surface area contributed by atoms with Crippen molar-refractivity contribution >= 4 is 34.3 Å². The number of fused-ring (bicyclic) bond motifs is 1. The number of rotatable bonds is 6. The molecule has 0 saturated carbocycles. The molecule has 0 unspecified atom stereocenters. The van der Waals surface area contributed by atoms with Crippen molar-refractivity contribution in [2.45, 2.75) is 19.8 Å². The number of urea groups is 1. The Hall–Kier alpha value is -3.35. The molecule has 3 amide bonds. The van der Waals surface area contributed by atoms with E-state index < -0.39 is 0 Å². The first-order valence-corrected chi connectivity index (χ1v) is 8.52. The van der Waals surface area contributed by atoms with Crippen molar-refractivity contribution in [2.75, 3.05) is 17.2 Å². The number of aromatic amines is 1. The molecule has 134 valence electrons. The average Bonchev–Trinajstić information content (AvgIpc) is 3.03. The molecular weight excluding hydrogens is 330 g/mol. The van der Waals surface area contributed by atoms with Crippen LogP contribution in [0.2, 0.25) is 0 Å². The highest BCUT2D eigenvalue weighted by molar-refractivity contribution is 5.93. The number of carbonyl (C=O) groups is 2. The van der Waals surface area contributed by atoms with E-state index in [0.29, 0.717) is 30.8 Å². The lowest BCUT2D eigenvalue weighted by Gasteiger charge is -2.09. The molecule has 3 rings (SSSR count). The van der Waals surface area contributed by atoms with Crippen LogP contribution in [0.3, 0.4) is 0 Å². The van der Waals surface area contributed by atoms with E-state index in [4.69, 9.17) is 0 Å². The fourth-order valence-electron chi connectivity index (χ4n) is 2.59. The van der Waals surface area contributed by atoms with E-state index in [2.05, 4.69) is 25.9 Å². The van der Waals surface area contributed by atoms with Crippen LogP contribution < -0.4 is 16.0 Å². The Morgan fingerprint density at radius 3 is 2.58 bits per heavy atom. The zero-order chi connectivity index (χ0) is 18.4. The van der Waals surface area contributed by atoms with E-state index in [9.17, 15) is 9.59 Å². The van der Waals surface area contributed by atoms with Gasteiger partial charge in [0.15, 0.2) is 0 Å². The molecule has 2 aromatic carbocycles. The Labute approximate surface area is 151 Å². The van der Waals surface area contributed by atoms with Gasteiger partial charge in [-0.05, 0) is 37.3 Å². The zero-order valence-corrected chi connectivity index (χ0v) is 14.5. The molecule has 0 spiro atoms. The number of aromatic nitrogens is 2. The molecule has 1 aromatic heterocycles. The molecule has 4 N–H and O–H groups in total. The summed E-state index contributed by atoms with van der Waals surface area (Å²) in [6, 6.07) is 14.5. The third kappa shape index (κ3) is 4.60. The van der Waals surface area contributed by atoms with Crippen molar-refractivity contribution in [2.24, 2.45) is 0 Å². The third-order valence-corrected chi connectivity index (χ3v) is 3.77. The second-order valence-corrected chi connectivity index (χ2v) is 5.81. The molecule has 1 heterocycles. The number of benzene rings is 2. The first kappa shape index (κ1) is 17.5. The van der Waals surface area contributed by atoms with E-state index in [1.807, 2.05) is 31.2 Å². The number of H-pyrrole nitrogens is 1. The highest BCUT2D eigenvalue weighted by atomic mass is 16.2. The molecule has 0 aliphatic heterocycles. The smallest absolute Gasteiger partial charge is 0.319 e. The molecule has 0 radical (unpaired) electrons. The lowest BCUT2D eigenvalue weighted by Crippen LogP contribution is -2.28. The van der Waals surface area contributed by atoms with Gasteiger partial charge in [0.1, 0.15) is 5.82 Å². The number of nitrogens with one attached hydrogen (secondary N) is 4. The SMILES string of the molecule is CCNC(=O)Nc1cccc(NC(=O)CCc2nc3ccccc3[nH]2)c1. The molecule has 0 aliphatic rings. The summed E-state index contributed by atoms with van der Waals surface area (Å²) < 4.78 is 0. The van der Waals surface area contributed by atoms with Crippen LogP contribution in [-0.2, 0) is 11.2 Å². The van der Waals surface area contributed by atoms with Crippen molar-refractivity contribution in [1.29, 1.82) is 0 Å². The summed E-state index contributed by atoms with van der Waals surface area (Å²) in [6.45, 7) is 2.39. The molecule has 0 fully saturated rings. The van der Waals surface area contributed by atoms with Crippen LogP contribution in [0.15, 0.2) is 48.5 Å². The summed E-state index contributed by atoms with van der Waals surface area (Å²) in [6.07, 6.45) is 0.838. The summed E-state index contributed by atoms with van der Waals surface area (Å²) in [5, 5.41) is 8.21. The quantitative estimate of drug-likeness (QED) is 0.548. The zero-order valence-electron chi connectivity index (χ0n) is 14.5. The monoisotopic (exact) mass is 351 g/mol. The maximum atomic E-state index is 12.2. The summed E-state index contributed by atoms with van der Waals surface area (Å²) in [4.78, 5) is 31.4.